The van der Waals surface area contributed by atoms with E-state index < -0.39 is 18.8 Å². The zero-order valence-corrected chi connectivity index (χ0v) is 21.9. The van der Waals surface area contributed by atoms with Crippen molar-refractivity contribution in [2.24, 2.45) is 0 Å². The maximum atomic E-state index is 7.10. The Kier molecular flexibility index (Phi) is 14.6. The SMILES string of the molecule is CCCC=CC(=CCc1ccccc1)[O][Sn]([CH2]CCC)([CH2]CCC)[CH2]CCC. The monoisotopic (exact) mass is 492 g/mol. The Balaban J connectivity index is 3.05. The summed E-state index contributed by atoms with van der Waals surface area (Å²) < 4.78 is 11.3. The first-order valence-electron chi connectivity index (χ1n) is 11.8. The molecule has 0 aliphatic heterocycles. The van der Waals surface area contributed by atoms with Crippen molar-refractivity contribution in [1.82, 2.24) is 0 Å². The van der Waals surface area contributed by atoms with Crippen LogP contribution in [-0.2, 0) is 9.49 Å². The van der Waals surface area contributed by atoms with E-state index in [1.165, 1.54) is 63.8 Å². The summed E-state index contributed by atoms with van der Waals surface area (Å²) in [6.45, 7) is 9.21. The fraction of sp³-hybridized carbons (Fsp3) is 0.615. The van der Waals surface area contributed by atoms with Gasteiger partial charge in [0.05, 0.1) is 0 Å². The third-order valence-electron chi connectivity index (χ3n) is 5.41. The summed E-state index contributed by atoms with van der Waals surface area (Å²) in [4.78, 5) is 0. The standard InChI is InChI=1S/C14H18O.3C4H9.Sn/c1-2-3-5-10-14(15)12-11-13-8-6-4-7-9-13;3*1-3-4-2;/h4-10,12,15H,2-3,11H2,1H3;3*1,3-4H2,2H3;/q;;;;+1/p-1. The van der Waals surface area contributed by atoms with Crippen LogP contribution >= 0.6 is 0 Å². The number of hydrogen-bond donors (Lipinski definition) is 0. The molecule has 1 rings (SSSR count). The predicted octanol–water partition coefficient (Wildman–Crippen LogP) is 8.83. The van der Waals surface area contributed by atoms with Gasteiger partial charge in [0.1, 0.15) is 0 Å². The van der Waals surface area contributed by atoms with Crippen LogP contribution in [0, 0.1) is 0 Å². The van der Waals surface area contributed by atoms with Gasteiger partial charge in [0.25, 0.3) is 0 Å². The van der Waals surface area contributed by atoms with Crippen LogP contribution in [0.5, 0.6) is 0 Å². The average Bonchev–Trinajstić information content (AvgIpc) is 2.73. The molecule has 0 bridgehead atoms. The van der Waals surface area contributed by atoms with Gasteiger partial charge in [-0.1, -0.05) is 0 Å². The van der Waals surface area contributed by atoms with Gasteiger partial charge >= 0.3 is 181 Å². The molecule has 0 aromatic heterocycles. The first-order chi connectivity index (χ1) is 13.7. The quantitative estimate of drug-likeness (QED) is 0.128. The van der Waals surface area contributed by atoms with E-state index in [0.717, 1.165) is 18.6 Å². The number of unbranched alkanes of at least 4 members (excludes halogenated alkanes) is 4. The van der Waals surface area contributed by atoms with Crippen molar-refractivity contribution in [3.8, 4) is 0 Å². The van der Waals surface area contributed by atoms with Gasteiger partial charge in [-0.15, -0.1) is 0 Å². The molecular formula is C26H44OSn. The van der Waals surface area contributed by atoms with E-state index in [9.17, 15) is 0 Å². The van der Waals surface area contributed by atoms with Crippen LogP contribution in [0.2, 0.25) is 13.3 Å². The van der Waals surface area contributed by atoms with Gasteiger partial charge < -0.3 is 0 Å². The van der Waals surface area contributed by atoms with E-state index >= 15 is 0 Å². The van der Waals surface area contributed by atoms with Crippen LogP contribution in [0.1, 0.15) is 84.6 Å². The summed E-state index contributed by atoms with van der Waals surface area (Å²) in [6.07, 6.45) is 18.1. The Morgan fingerprint density at radius 1 is 0.821 bits per heavy atom. The fourth-order valence-corrected chi connectivity index (χ4v) is 17.0. The number of allylic oxidation sites excluding steroid dienone is 3. The molecule has 158 valence electrons. The molecule has 0 saturated heterocycles. The molecule has 0 saturated carbocycles. The van der Waals surface area contributed by atoms with Crippen LogP contribution in [0.3, 0.4) is 0 Å². The molecule has 1 aromatic carbocycles. The van der Waals surface area contributed by atoms with Crippen molar-refractivity contribution in [2.45, 2.75) is 98.8 Å². The van der Waals surface area contributed by atoms with Crippen LogP contribution in [0.25, 0.3) is 0 Å². The predicted molar refractivity (Wildman–Crippen MR) is 128 cm³/mol. The number of hydrogen-bond acceptors (Lipinski definition) is 1. The molecule has 0 spiro atoms. The van der Waals surface area contributed by atoms with Gasteiger partial charge in [0, 0.05) is 0 Å². The number of rotatable bonds is 16. The van der Waals surface area contributed by atoms with Crippen molar-refractivity contribution in [3.05, 3.63) is 59.9 Å². The van der Waals surface area contributed by atoms with E-state index in [-0.39, 0.29) is 0 Å². The van der Waals surface area contributed by atoms with Gasteiger partial charge in [0.2, 0.25) is 0 Å². The summed E-state index contributed by atoms with van der Waals surface area (Å²) in [6, 6.07) is 10.8. The zero-order chi connectivity index (χ0) is 20.5. The van der Waals surface area contributed by atoms with Crippen LogP contribution in [0.4, 0.5) is 0 Å². The average molecular weight is 491 g/mol. The van der Waals surface area contributed by atoms with Crippen LogP contribution in [0.15, 0.2) is 54.3 Å². The first kappa shape index (κ1) is 25.3. The summed E-state index contributed by atoms with van der Waals surface area (Å²) in [5, 5.41) is 0. The van der Waals surface area contributed by atoms with Gasteiger partial charge in [-0.25, -0.2) is 0 Å². The molecule has 0 aliphatic carbocycles. The summed E-state index contributed by atoms with van der Waals surface area (Å²) in [5.41, 5.74) is 1.36. The van der Waals surface area contributed by atoms with Gasteiger partial charge in [0.15, 0.2) is 0 Å². The third-order valence-corrected chi connectivity index (χ3v) is 18.1. The first-order valence-corrected chi connectivity index (χ1v) is 19.0. The van der Waals surface area contributed by atoms with Crippen molar-refractivity contribution < 1.29 is 3.07 Å². The summed E-state index contributed by atoms with van der Waals surface area (Å²) in [7, 11) is 0. The van der Waals surface area contributed by atoms with E-state index in [1.54, 1.807) is 0 Å². The Hall–Kier alpha value is -0.701. The second-order valence-electron chi connectivity index (χ2n) is 8.08. The normalized spacial score (nSPS) is 12.6. The molecule has 1 nitrogen and oxygen atoms in total. The maximum absolute atomic E-state index is 7.10. The van der Waals surface area contributed by atoms with Crippen molar-refractivity contribution in [2.75, 3.05) is 0 Å². The van der Waals surface area contributed by atoms with Crippen LogP contribution < -0.4 is 0 Å². The Morgan fingerprint density at radius 3 is 1.89 bits per heavy atom. The fourth-order valence-electron chi connectivity index (χ4n) is 3.62. The van der Waals surface area contributed by atoms with Crippen molar-refractivity contribution in [3.63, 3.8) is 0 Å². The molecular weight excluding hydrogens is 447 g/mol. The topological polar surface area (TPSA) is 9.23 Å². The van der Waals surface area contributed by atoms with Crippen molar-refractivity contribution in [1.29, 1.82) is 0 Å². The molecule has 0 unspecified atom stereocenters. The Morgan fingerprint density at radius 2 is 1.39 bits per heavy atom. The summed E-state index contributed by atoms with van der Waals surface area (Å²) in [5.74, 6) is 1.16. The van der Waals surface area contributed by atoms with Gasteiger partial charge in [-0.05, 0) is 0 Å². The second-order valence-corrected chi connectivity index (χ2v) is 19.7. The molecule has 1 aromatic rings. The second kappa shape index (κ2) is 16.1. The minimum atomic E-state index is -2.63. The molecule has 28 heavy (non-hydrogen) atoms. The van der Waals surface area contributed by atoms with E-state index in [1.807, 2.05) is 0 Å². The zero-order valence-electron chi connectivity index (χ0n) is 19.0. The third kappa shape index (κ3) is 10.7. The van der Waals surface area contributed by atoms with E-state index in [4.69, 9.17) is 3.07 Å². The Labute approximate surface area is 180 Å². The molecule has 0 radical (unpaired) electrons. The van der Waals surface area contributed by atoms with Crippen LogP contribution in [-0.4, -0.2) is 18.8 Å². The molecule has 2 heteroatoms. The minimum absolute atomic E-state index is 0.962. The molecule has 0 fully saturated rings. The molecule has 0 heterocycles. The molecule has 0 N–H and O–H groups in total. The summed E-state index contributed by atoms with van der Waals surface area (Å²) >= 11 is -2.63. The molecule has 0 amide bonds. The van der Waals surface area contributed by atoms with E-state index in [2.05, 4.69) is 76.3 Å². The van der Waals surface area contributed by atoms with E-state index in [0.29, 0.717) is 0 Å². The number of benzene rings is 1. The Bertz CT molecular complexity index is 525. The van der Waals surface area contributed by atoms with Crippen molar-refractivity contribution >= 4 is 18.8 Å². The van der Waals surface area contributed by atoms with Gasteiger partial charge in [-0.2, -0.15) is 0 Å². The molecule has 0 atom stereocenters. The molecule has 0 aliphatic rings. The van der Waals surface area contributed by atoms with Gasteiger partial charge in [-0.3, -0.25) is 0 Å².